The minimum Gasteiger partial charge on any atom is -0.268 e. The summed E-state index contributed by atoms with van der Waals surface area (Å²) in [4.78, 5) is 14.9. The summed E-state index contributed by atoms with van der Waals surface area (Å²) in [6, 6.07) is 4.67. The fourth-order valence-electron chi connectivity index (χ4n) is 1.08. The minimum atomic E-state index is -0.257. The largest absolute Gasteiger partial charge is 0.268 e. The minimum absolute atomic E-state index is 0.257. The lowest BCUT2D eigenvalue weighted by atomic mass is 10.2. The van der Waals surface area contributed by atoms with Gasteiger partial charge >= 0.3 is 0 Å². The van der Waals surface area contributed by atoms with Gasteiger partial charge < -0.3 is 0 Å². The van der Waals surface area contributed by atoms with Crippen LogP contribution >= 0.6 is 27.5 Å². The monoisotopic (exact) mass is 285 g/mol. The molecule has 15 heavy (non-hydrogen) atoms. The normalized spacial score (nSPS) is 10.3. The van der Waals surface area contributed by atoms with Crippen molar-refractivity contribution in [2.75, 3.05) is 0 Å². The van der Waals surface area contributed by atoms with E-state index < -0.39 is 0 Å². The third-order valence-corrected chi connectivity index (χ3v) is 2.45. The molecule has 0 atom stereocenters. The van der Waals surface area contributed by atoms with Crippen LogP contribution in [-0.4, -0.2) is 15.2 Å². The van der Waals surface area contributed by atoms with Gasteiger partial charge in [0.15, 0.2) is 0 Å². The highest BCUT2D eigenvalue weighted by Gasteiger charge is 2.06. The second-order valence-electron chi connectivity index (χ2n) is 2.79. The third-order valence-electron chi connectivity index (χ3n) is 1.73. The molecule has 0 aliphatic carbocycles. The number of hydrogen-bond acceptors (Lipinski definition) is 3. The topological polar surface area (TPSA) is 58.6 Å². The SMILES string of the molecule is O=c1ccc(-c2ncc(Br)cc2Cl)n[nH]1. The molecule has 6 heteroatoms. The maximum Gasteiger partial charge on any atom is 0.264 e. The van der Waals surface area contributed by atoms with E-state index in [0.717, 1.165) is 4.47 Å². The van der Waals surface area contributed by atoms with Gasteiger partial charge in [-0.05, 0) is 28.1 Å². The highest BCUT2D eigenvalue weighted by Crippen LogP contribution is 2.25. The van der Waals surface area contributed by atoms with E-state index in [9.17, 15) is 4.79 Å². The zero-order valence-corrected chi connectivity index (χ0v) is 9.71. The molecule has 0 aliphatic heterocycles. The van der Waals surface area contributed by atoms with Crippen LogP contribution < -0.4 is 5.56 Å². The Labute approximate surface area is 98.4 Å². The van der Waals surface area contributed by atoms with E-state index in [4.69, 9.17) is 11.6 Å². The van der Waals surface area contributed by atoms with Crippen molar-refractivity contribution in [1.82, 2.24) is 15.2 Å². The van der Waals surface area contributed by atoms with Crippen molar-refractivity contribution in [3.8, 4) is 11.4 Å². The van der Waals surface area contributed by atoms with Crippen molar-refractivity contribution < 1.29 is 0 Å². The van der Waals surface area contributed by atoms with Crippen molar-refractivity contribution in [1.29, 1.82) is 0 Å². The molecule has 0 unspecified atom stereocenters. The smallest absolute Gasteiger partial charge is 0.264 e. The lowest BCUT2D eigenvalue weighted by Crippen LogP contribution is -2.06. The summed E-state index contributed by atoms with van der Waals surface area (Å²) in [5.41, 5.74) is 0.815. The first-order valence-corrected chi connectivity index (χ1v) is 5.21. The van der Waals surface area contributed by atoms with Crippen LogP contribution in [0.3, 0.4) is 0 Å². The van der Waals surface area contributed by atoms with Gasteiger partial charge in [-0.25, -0.2) is 5.10 Å². The van der Waals surface area contributed by atoms with E-state index in [2.05, 4.69) is 31.1 Å². The van der Waals surface area contributed by atoms with Crippen molar-refractivity contribution >= 4 is 27.5 Å². The van der Waals surface area contributed by atoms with E-state index in [1.54, 1.807) is 18.3 Å². The summed E-state index contributed by atoms with van der Waals surface area (Å²) in [5.74, 6) is 0. The predicted molar refractivity (Wildman–Crippen MR) is 60.8 cm³/mol. The Morgan fingerprint density at radius 2 is 2.20 bits per heavy atom. The van der Waals surface area contributed by atoms with Gasteiger partial charge in [0, 0.05) is 16.7 Å². The van der Waals surface area contributed by atoms with Crippen LogP contribution in [0.4, 0.5) is 0 Å². The van der Waals surface area contributed by atoms with Gasteiger partial charge in [0.1, 0.15) is 11.4 Å². The fraction of sp³-hybridized carbons (Fsp3) is 0. The van der Waals surface area contributed by atoms with Gasteiger partial charge in [-0.3, -0.25) is 9.78 Å². The summed E-state index contributed by atoms with van der Waals surface area (Å²) in [7, 11) is 0. The van der Waals surface area contributed by atoms with E-state index in [0.29, 0.717) is 16.4 Å². The molecule has 0 amide bonds. The number of nitrogens with one attached hydrogen (secondary N) is 1. The summed E-state index contributed by atoms with van der Waals surface area (Å²) >= 11 is 9.23. The van der Waals surface area contributed by atoms with Gasteiger partial charge in [-0.15, -0.1) is 0 Å². The first-order valence-electron chi connectivity index (χ1n) is 4.04. The lowest BCUT2D eigenvalue weighted by molar-refractivity contribution is 0.988. The number of rotatable bonds is 1. The predicted octanol–water partition coefficient (Wildman–Crippen LogP) is 2.25. The summed E-state index contributed by atoms with van der Waals surface area (Å²) in [6.07, 6.45) is 1.62. The Hall–Kier alpha value is -1.20. The van der Waals surface area contributed by atoms with Crippen molar-refractivity contribution in [3.05, 3.63) is 44.2 Å². The number of H-pyrrole nitrogens is 1. The van der Waals surface area contributed by atoms with E-state index in [1.807, 2.05) is 0 Å². The zero-order chi connectivity index (χ0) is 10.8. The maximum absolute atomic E-state index is 10.8. The molecule has 0 aromatic carbocycles. The van der Waals surface area contributed by atoms with Crippen LogP contribution in [0.2, 0.25) is 5.02 Å². The molecular weight excluding hydrogens is 281 g/mol. The molecule has 2 aromatic rings. The molecule has 0 saturated heterocycles. The highest BCUT2D eigenvalue weighted by atomic mass is 79.9. The van der Waals surface area contributed by atoms with Crippen LogP contribution in [0.15, 0.2) is 33.7 Å². The van der Waals surface area contributed by atoms with Crippen LogP contribution in [0, 0.1) is 0 Å². The molecule has 0 spiro atoms. The average Bonchev–Trinajstić information content (AvgIpc) is 2.20. The van der Waals surface area contributed by atoms with Gasteiger partial charge in [0.25, 0.3) is 5.56 Å². The Bertz CT molecular complexity index is 535. The number of pyridine rings is 1. The number of halogens is 2. The van der Waals surface area contributed by atoms with Crippen LogP contribution in [0.25, 0.3) is 11.4 Å². The van der Waals surface area contributed by atoms with Crippen molar-refractivity contribution in [3.63, 3.8) is 0 Å². The van der Waals surface area contributed by atoms with Crippen LogP contribution in [0.1, 0.15) is 0 Å². The lowest BCUT2D eigenvalue weighted by Gasteiger charge is -2.01. The second-order valence-corrected chi connectivity index (χ2v) is 4.11. The van der Waals surface area contributed by atoms with Crippen LogP contribution in [-0.2, 0) is 0 Å². The van der Waals surface area contributed by atoms with Gasteiger partial charge in [-0.1, -0.05) is 11.6 Å². The molecule has 76 valence electrons. The fourth-order valence-corrected chi connectivity index (χ4v) is 1.81. The van der Waals surface area contributed by atoms with Crippen molar-refractivity contribution in [2.45, 2.75) is 0 Å². The summed E-state index contributed by atoms with van der Waals surface area (Å²) in [6.45, 7) is 0. The molecular formula is C9H5BrClN3O. The molecule has 4 nitrogen and oxygen atoms in total. The van der Waals surface area contributed by atoms with Crippen molar-refractivity contribution in [2.24, 2.45) is 0 Å². The second kappa shape index (κ2) is 4.12. The maximum atomic E-state index is 10.8. The number of hydrogen-bond donors (Lipinski definition) is 1. The first kappa shape index (κ1) is 10.3. The number of aromatic nitrogens is 3. The molecule has 0 saturated carbocycles. The van der Waals surface area contributed by atoms with E-state index in [1.165, 1.54) is 6.07 Å². The molecule has 0 fully saturated rings. The Morgan fingerprint density at radius 1 is 1.40 bits per heavy atom. The first-order chi connectivity index (χ1) is 7.16. The van der Waals surface area contributed by atoms with Gasteiger partial charge in [0.05, 0.1) is 5.02 Å². The Kier molecular flexibility index (Phi) is 2.83. The standard InChI is InChI=1S/C9H5BrClN3O/c10-5-3-6(11)9(12-4-5)7-1-2-8(15)14-13-7/h1-4H,(H,14,15). The summed E-state index contributed by atoms with van der Waals surface area (Å²) in [5, 5.41) is 6.64. The highest BCUT2D eigenvalue weighted by molar-refractivity contribution is 9.10. The quantitative estimate of drug-likeness (QED) is 0.874. The number of nitrogens with zero attached hydrogens (tertiary/aromatic N) is 2. The summed E-state index contributed by atoms with van der Waals surface area (Å²) < 4.78 is 0.792. The Morgan fingerprint density at radius 3 is 2.80 bits per heavy atom. The zero-order valence-electron chi connectivity index (χ0n) is 7.37. The average molecular weight is 287 g/mol. The molecule has 0 radical (unpaired) electrons. The van der Waals surface area contributed by atoms with E-state index in [-0.39, 0.29) is 5.56 Å². The van der Waals surface area contributed by atoms with Gasteiger partial charge in [0.2, 0.25) is 0 Å². The number of aromatic amines is 1. The molecule has 2 heterocycles. The molecule has 1 N–H and O–H groups in total. The molecule has 0 bridgehead atoms. The van der Waals surface area contributed by atoms with E-state index >= 15 is 0 Å². The molecule has 0 aliphatic rings. The Balaban J connectivity index is 2.54. The van der Waals surface area contributed by atoms with Crippen LogP contribution in [0.5, 0.6) is 0 Å². The third kappa shape index (κ3) is 2.24. The molecule has 2 rings (SSSR count). The van der Waals surface area contributed by atoms with Gasteiger partial charge in [-0.2, -0.15) is 5.10 Å². The molecule has 2 aromatic heterocycles.